The van der Waals surface area contributed by atoms with E-state index in [9.17, 15) is 22.8 Å². The molecule has 0 spiro atoms. The Kier molecular flexibility index (Phi) is 6.13. The van der Waals surface area contributed by atoms with Crippen LogP contribution in [-0.2, 0) is 22.2 Å². The van der Waals surface area contributed by atoms with Gasteiger partial charge in [-0.2, -0.15) is 13.2 Å². The van der Waals surface area contributed by atoms with Crippen LogP contribution >= 0.6 is 0 Å². The van der Waals surface area contributed by atoms with E-state index in [1.54, 1.807) is 15.9 Å². The normalized spacial score (nSPS) is 19.6. The van der Waals surface area contributed by atoms with Crippen molar-refractivity contribution in [3.8, 4) is 0 Å². The summed E-state index contributed by atoms with van der Waals surface area (Å²) in [7, 11) is 0. The molecule has 4 rings (SSSR count). The molecule has 0 N–H and O–H groups in total. The Balaban J connectivity index is 1.36. The first-order valence-corrected chi connectivity index (χ1v) is 10.9. The van der Waals surface area contributed by atoms with Gasteiger partial charge >= 0.3 is 6.18 Å². The van der Waals surface area contributed by atoms with Crippen LogP contribution in [0.1, 0.15) is 24.5 Å². The van der Waals surface area contributed by atoms with E-state index >= 15 is 0 Å². The highest BCUT2D eigenvalue weighted by atomic mass is 19.4. The smallest absolute Gasteiger partial charge is 0.368 e. The molecule has 0 bridgehead atoms. The fourth-order valence-electron chi connectivity index (χ4n) is 4.36. The Labute approximate surface area is 185 Å². The van der Waals surface area contributed by atoms with Gasteiger partial charge in [-0.3, -0.25) is 9.59 Å². The predicted octanol–water partition coefficient (Wildman–Crippen LogP) is 3.97. The van der Waals surface area contributed by atoms with Crippen molar-refractivity contribution < 1.29 is 22.8 Å². The van der Waals surface area contributed by atoms with Crippen LogP contribution in [-0.4, -0.2) is 49.4 Å². The van der Waals surface area contributed by atoms with E-state index in [2.05, 4.69) is 6.92 Å². The van der Waals surface area contributed by atoms with Crippen LogP contribution in [0.3, 0.4) is 0 Å². The van der Waals surface area contributed by atoms with Gasteiger partial charge < -0.3 is 14.7 Å². The Morgan fingerprint density at radius 3 is 2.31 bits per heavy atom. The van der Waals surface area contributed by atoms with E-state index in [-0.39, 0.29) is 18.2 Å². The van der Waals surface area contributed by atoms with Gasteiger partial charge in [0.1, 0.15) is 0 Å². The molecular weight excluding hydrogens is 419 g/mol. The lowest BCUT2D eigenvalue weighted by atomic mass is 10.1. The number of nitrogens with zero attached hydrogens (tertiary/aromatic N) is 3. The monoisotopic (exact) mass is 445 g/mol. The Morgan fingerprint density at radius 1 is 1.00 bits per heavy atom. The van der Waals surface area contributed by atoms with E-state index in [4.69, 9.17) is 0 Å². The minimum Gasteiger partial charge on any atom is -0.368 e. The molecule has 5 nitrogen and oxygen atoms in total. The first-order valence-electron chi connectivity index (χ1n) is 10.9. The quantitative estimate of drug-likeness (QED) is 0.716. The molecule has 2 fully saturated rings. The molecule has 0 saturated carbocycles. The highest BCUT2D eigenvalue weighted by Gasteiger charge is 2.38. The van der Waals surface area contributed by atoms with Crippen molar-refractivity contribution in [3.63, 3.8) is 0 Å². The van der Waals surface area contributed by atoms with Crippen LogP contribution < -0.4 is 9.80 Å². The summed E-state index contributed by atoms with van der Waals surface area (Å²) in [6.07, 6.45) is -3.28. The highest BCUT2D eigenvalue weighted by Crippen LogP contribution is 2.32. The molecule has 2 aliphatic rings. The number of carbonyl (C=O) groups excluding carboxylic acids is 2. The van der Waals surface area contributed by atoms with Gasteiger partial charge in [0.15, 0.2) is 0 Å². The third-order valence-corrected chi connectivity index (χ3v) is 6.26. The SMILES string of the molecule is CCc1ccc(N2CC(C(=O)N3CCN(c4cccc(C(F)(F)F)c4)CC3)CC2=O)cc1. The van der Waals surface area contributed by atoms with Gasteiger partial charge in [-0.1, -0.05) is 25.1 Å². The van der Waals surface area contributed by atoms with Gasteiger partial charge in [0.25, 0.3) is 0 Å². The van der Waals surface area contributed by atoms with Crippen LogP contribution in [0.15, 0.2) is 48.5 Å². The second-order valence-corrected chi connectivity index (χ2v) is 8.29. The number of amides is 2. The number of rotatable bonds is 4. The first kappa shape index (κ1) is 22.2. The molecule has 2 aliphatic heterocycles. The molecule has 1 atom stereocenters. The number of alkyl halides is 3. The van der Waals surface area contributed by atoms with Gasteiger partial charge in [0.2, 0.25) is 11.8 Å². The third kappa shape index (κ3) is 4.59. The van der Waals surface area contributed by atoms with Crippen LogP contribution in [0.25, 0.3) is 0 Å². The van der Waals surface area contributed by atoms with Crippen molar-refractivity contribution in [1.82, 2.24) is 4.90 Å². The number of hydrogen-bond donors (Lipinski definition) is 0. The van der Waals surface area contributed by atoms with Gasteiger partial charge in [-0.25, -0.2) is 0 Å². The zero-order chi connectivity index (χ0) is 22.9. The summed E-state index contributed by atoms with van der Waals surface area (Å²) in [4.78, 5) is 30.8. The maximum absolute atomic E-state index is 13.0. The molecule has 2 amide bonds. The standard InChI is InChI=1S/C24H26F3N3O2/c1-2-17-6-8-20(9-7-17)30-16-18(14-22(30)31)23(32)29-12-10-28(11-13-29)21-5-3-4-19(15-21)24(25,26)27/h3-9,15,18H,2,10-14,16H2,1H3. The Morgan fingerprint density at radius 2 is 1.69 bits per heavy atom. The second-order valence-electron chi connectivity index (χ2n) is 8.29. The van der Waals surface area contributed by atoms with E-state index in [0.717, 1.165) is 24.2 Å². The predicted molar refractivity (Wildman–Crippen MR) is 117 cm³/mol. The first-order chi connectivity index (χ1) is 15.3. The van der Waals surface area contributed by atoms with Gasteiger partial charge in [-0.05, 0) is 42.3 Å². The van der Waals surface area contributed by atoms with Gasteiger partial charge in [0.05, 0.1) is 11.5 Å². The number of aryl methyl sites for hydroxylation is 1. The minimum absolute atomic E-state index is 0.0600. The minimum atomic E-state index is -4.38. The molecular formula is C24H26F3N3O2. The number of carbonyl (C=O) groups is 2. The molecule has 32 heavy (non-hydrogen) atoms. The van der Waals surface area contributed by atoms with E-state index in [1.807, 2.05) is 29.2 Å². The van der Waals surface area contributed by atoms with Crippen molar-refractivity contribution in [3.05, 3.63) is 59.7 Å². The summed E-state index contributed by atoms with van der Waals surface area (Å²) in [5.74, 6) is -0.515. The van der Waals surface area contributed by atoms with Crippen molar-refractivity contribution in [2.45, 2.75) is 25.9 Å². The third-order valence-electron chi connectivity index (χ3n) is 6.26. The molecule has 2 aromatic rings. The van der Waals surface area contributed by atoms with Crippen LogP contribution in [0.4, 0.5) is 24.5 Å². The molecule has 2 saturated heterocycles. The summed E-state index contributed by atoms with van der Waals surface area (Å²) in [5, 5.41) is 0. The van der Waals surface area contributed by atoms with Crippen molar-refractivity contribution in [2.75, 3.05) is 42.5 Å². The lowest BCUT2D eigenvalue weighted by Crippen LogP contribution is -2.50. The molecule has 1 unspecified atom stereocenters. The number of anilines is 2. The summed E-state index contributed by atoms with van der Waals surface area (Å²) in [5.41, 5.74) is 1.82. The number of hydrogen-bond acceptors (Lipinski definition) is 3. The Bertz CT molecular complexity index is 983. The lowest BCUT2D eigenvalue weighted by Gasteiger charge is -2.37. The molecule has 0 aromatic heterocycles. The average molecular weight is 445 g/mol. The van der Waals surface area contributed by atoms with Crippen molar-refractivity contribution >= 4 is 23.2 Å². The summed E-state index contributed by atoms with van der Waals surface area (Å²) < 4.78 is 39.0. The second kappa shape index (κ2) is 8.84. The van der Waals surface area contributed by atoms with Gasteiger partial charge in [-0.15, -0.1) is 0 Å². The van der Waals surface area contributed by atoms with Crippen LogP contribution in [0, 0.1) is 5.92 Å². The summed E-state index contributed by atoms with van der Waals surface area (Å²) >= 11 is 0. The van der Waals surface area contributed by atoms with Gasteiger partial charge in [0, 0.05) is 50.5 Å². The largest absolute Gasteiger partial charge is 0.416 e. The molecule has 0 radical (unpaired) electrons. The maximum atomic E-state index is 13.0. The zero-order valence-electron chi connectivity index (χ0n) is 17.9. The highest BCUT2D eigenvalue weighted by molar-refractivity contribution is 6.00. The van der Waals surface area contributed by atoms with Crippen molar-refractivity contribution in [2.24, 2.45) is 5.92 Å². The number of piperazine rings is 1. The maximum Gasteiger partial charge on any atom is 0.416 e. The summed E-state index contributed by atoms with van der Waals surface area (Å²) in [6.45, 7) is 4.18. The molecule has 0 aliphatic carbocycles. The fraction of sp³-hybridized carbons (Fsp3) is 0.417. The molecule has 8 heteroatoms. The van der Waals surface area contributed by atoms with E-state index in [0.29, 0.717) is 38.4 Å². The van der Waals surface area contributed by atoms with Crippen LogP contribution in [0.2, 0.25) is 0 Å². The van der Waals surface area contributed by atoms with Crippen molar-refractivity contribution in [1.29, 1.82) is 0 Å². The lowest BCUT2D eigenvalue weighted by molar-refractivity contribution is -0.137. The zero-order valence-corrected chi connectivity index (χ0v) is 17.9. The fourth-order valence-corrected chi connectivity index (χ4v) is 4.36. The van der Waals surface area contributed by atoms with E-state index < -0.39 is 17.7 Å². The van der Waals surface area contributed by atoms with Crippen LogP contribution in [0.5, 0.6) is 0 Å². The topological polar surface area (TPSA) is 43.9 Å². The molecule has 2 aromatic carbocycles. The molecule has 170 valence electrons. The summed E-state index contributed by atoms with van der Waals surface area (Å²) in [6, 6.07) is 13.1. The number of benzene rings is 2. The number of halogens is 3. The Hall–Kier alpha value is -3.03. The molecule has 2 heterocycles. The average Bonchev–Trinajstić information content (AvgIpc) is 3.20. The van der Waals surface area contributed by atoms with E-state index in [1.165, 1.54) is 11.6 Å².